The SMILES string of the molecule is CC1=C(C)C(C)(C)c2c(C)c(C)c(C)c(C)c2C1(C)C. The summed E-state index contributed by atoms with van der Waals surface area (Å²) in [5, 5.41) is 0. The number of allylic oxidation sites excluding steroid dienone is 2. The monoisotopic (exact) mass is 270 g/mol. The Hall–Kier alpha value is -1.04. The molecule has 0 aromatic heterocycles. The summed E-state index contributed by atoms with van der Waals surface area (Å²) >= 11 is 0. The second-order valence-corrected chi connectivity index (χ2v) is 7.75. The number of hydrogen-bond acceptors (Lipinski definition) is 0. The van der Waals surface area contributed by atoms with Crippen LogP contribution in [0.25, 0.3) is 0 Å². The first-order valence-corrected chi connectivity index (χ1v) is 7.75. The molecular formula is C20H30. The lowest BCUT2D eigenvalue weighted by Crippen LogP contribution is -2.37. The van der Waals surface area contributed by atoms with Gasteiger partial charge in [-0.3, -0.25) is 0 Å². The van der Waals surface area contributed by atoms with E-state index in [1.165, 1.54) is 22.3 Å². The lowest BCUT2D eigenvalue weighted by atomic mass is 9.58. The van der Waals surface area contributed by atoms with Crippen LogP contribution in [0, 0.1) is 27.7 Å². The minimum atomic E-state index is 0.141. The van der Waals surface area contributed by atoms with E-state index in [4.69, 9.17) is 0 Å². The van der Waals surface area contributed by atoms with Gasteiger partial charge >= 0.3 is 0 Å². The Bertz CT molecular complexity index is 567. The number of hydrogen-bond donors (Lipinski definition) is 0. The molecular weight excluding hydrogens is 240 g/mol. The first-order chi connectivity index (χ1) is 8.95. The number of fused-ring (bicyclic) bond motifs is 1. The summed E-state index contributed by atoms with van der Waals surface area (Å²) in [6.07, 6.45) is 0. The van der Waals surface area contributed by atoms with E-state index in [0.717, 1.165) is 0 Å². The third-order valence-corrected chi connectivity index (χ3v) is 6.38. The van der Waals surface area contributed by atoms with E-state index in [0.29, 0.717) is 0 Å². The second-order valence-electron chi connectivity index (χ2n) is 7.75. The Morgan fingerprint density at radius 3 is 0.950 bits per heavy atom. The molecule has 20 heavy (non-hydrogen) atoms. The molecule has 1 aliphatic rings. The molecule has 1 aromatic carbocycles. The summed E-state index contributed by atoms with van der Waals surface area (Å²) in [5.41, 5.74) is 12.4. The Morgan fingerprint density at radius 1 is 0.450 bits per heavy atom. The van der Waals surface area contributed by atoms with Crippen LogP contribution in [-0.2, 0) is 10.8 Å². The van der Waals surface area contributed by atoms with E-state index in [1.54, 1.807) is 22.3 Å². The molecule has 1 aromatic rings. The van der Waals surface area contributed by atoms with E-state index in [2.05, 4.69) is 69.2 Å². The standard InChI is InChI=1S/C20H30/c1-11-12(2)14(4)18-17(13(11)3)19(7,8)15(5)16(6)20(18,9)10/h1-10H3. The number of rotatable bonds is 0. The first kappa shape index (κ1) is 15.4. The third-order valence-electron chi connectivity index (χ3n) is 6.38. The highest BCUT2D eigenvalue weighted by atomic mass is 14.5. The van der Waals surface area contributed by atoms with E-state index in [1.807, 2.05) is 0 Å². The highest BCUT2D eigenvalue weighted by Gasteiger charge is 2.42. The molecule has 0 heterocycles. The first-order valence-electron chi connectivity index (χ1n) is 7.75. The van der Waals surface area contributed by atoms with Gasteiger partial charge in [0.05, 0.1) is 0 Å². The van der Waals surface area contributed by atoms with Crippen LogP contribution in [0.15, 0.2) is 11.1 Å². The van der Waals surface area contributed by atoms with Crippen molar-refractivity contribution in [2.24, 2.45) is 0 Å². The van der Waals surface area contributed by atoms with E-state index >= 15 is 0 Å². The van der Waals surface area contributed by atoms with E-state index in [-0.39, 0.29) is 10.8 Å². The normalized spacial score (nSPS) is 20.1. The fourth-order valence-electron chi connectivity index (χ4n) is 4.19. The summed E-state index contributed by atoms with van der Waals surface area (Å²) in [7, 11) is 0. The van der Waals surface area contributed by atoms with Gasteiger partial charge in [0.1, 0.15) is 0 Å². The Labute approximate surface area is 125 Å². The van der Waals surface area contributed by atoms with Crippen molar-refractivity contribution in [3.63, 3.8) is 0 Å². The van der Waals surface area contributed by atoms with E-state index < -0.39 is 0 Å². The average molecular weight is 270 g/mol. The molecule has 0 saturated carbocycles. The molecule has 0 saturated heterocycles. The summed E-state index contributed by atoms with van der Waals surface area (Å²) < 4.78 is 0. The van der Waals surface area contributed by atoms with Gasteiger partial charge in [-0.05, 0) is 74.9 Å². The summed E-state index contributed by atoms with van der Waals surface area (Å²) in [6.45, 7) is 23.4. The minimum absolute atomic E-state index is 0.141. The maximum Gasteiger partial charge on any atom is 0.0111 e. The lowest BCUT2D eigenvalue weighted by Gasteiger charge is -2.46. The van der Waals surface area contributed by atoms with Gasteiger partial charge in [-0.2, -0.15) is 0 Å². The topological polar surface area (TPSA) is 0 Å². The van der Waals surface area contributed by atoms with Crippen LogP contribution in [0.5, 0.6) is 0 Å². The van der Waals surface area contributed by atoms with Gasteiger partial charge in [-0.25, -0.2) is 0 Å². The third kappa shape index (κ3) is 1.66. The van der Waals surface area contributed by atoms with Crippen molar-refractivity contribution in [2.75, 3.05) is 0 Å². The fourth-order valence-corrected chi connectivity index (χ4v) is 4.19. The molecule has 0 spiro atoms. The Morgan fingerprint density at radius 2 is 0.700 bits per heavy atom. The van der Waals surface area contributed by atoms with Crippen LogP contribution < -0.4 is 0 Å². The maximum atomic E-state index is 2.39. The predicted molar refractivity (Wildman–Crippen MR) is 89.8 cm³/mol. The van der Waals surface area contributed by atoms with Crippen molar-refractivity contribution in [1.82, 2.24) is 0 Å². The largest absolute Gasteiger partial charge is 0.0635 e. The molecule has 2 rings (SSSR count). The minimum Gasteiger partial charge on any atom is -0.0635 e. The zero-order valence-electron chi connectivity index (χ0n) is 15.0. The van der Waals surface area contributed by atoms with Crippen molar-refractivity contribution in [1.29, 1.82) is 0 Å². The van der Waals surface area contributed by atoms with Crippen molar-refractivity contribution >= 4 is 0 Å². The Kier molecular flexibility index (Phi) is 3.24. The molecule has 0 bridgehead atoms. The van der Waals surface area contributed by atoms with Gasteiger partial charge in [0, 0.05) is 10.8 Å². The van der Waals surface area contributed by atoms with Crippen molar-refractivity contribution in [2.45, 2.75) is 80.1 Å². The second kappa shape index (κ2) is 4.23. The zero-order chi connectivity index (χ0) is 15.6. The van der Waals surface area contributed by atoms with Gasteiger partial charge in [-0.15, -0.1) is 0 Å². The van der Waals surface area contributed by atoms with E-state index in [9.17, 15) is 0 Å². The molecule has 0 unspecified atom stereocenters. The van der Waals surface area contributed by atoms with Gasteiger partial charge in [-0.1, -0.05) is 38.8 Å². The van der Waals surface area contributed by atoms with Crippen molar-refractivity contribution < 1.29 is 0 Å². The van der Waals surface area contributed by atoms with Crippen LogP contribution in [-0.4, -0.2) is 0 Å². The van der Waals surface area contributed by atoms with Gasteiger partial charge in [0.25, 0.3) is 0 Å². The molecule has 0 fully saturated rings. The van der Waals surface area contributed by atoms with Crippen LogP contribution in [0.1, 0.15) is 74.9 Å². The summed E-state index contributed by atoms with van der Waals surface area (Å²) in [6, 6.07) is 0. The molecule has 0 heteroatoms. The lowest BCUT2D eigenvalue weighted by molar-refractivity contribution is 0.497. The predicted octanol–water partition coefficient (Wildman–Crippen LogP) is 5.83. The fraction of sp³-hybridized carbons (Fsp3) is 0.600. The molecule has 0 aliphatic heterocycles. The van der Waals surface area contributed by atoms with Crippen LogP contribution in [0.2, 0.25) is 0 Å². The molecule has 0 radical (unpaired) electrons. The van der Waals surface area contributed by atoms with Crippen LogP contribution in [0.3, 0.4) is 0 Å². The summed E-state index contributed by atoms with van der Waals surface area (Å²) in [4.78, 5) is 0. The van der Waals surface area contributed by atoms with Gasteiger partial charge < -0.3 is 0 Å². The Balaban J connectivity index is 3.05. The molecule has 0 N–H and O–H groups in total. The highest BCUT2D eigenvalue weighted by Crippen LogP contribution is 2.52. The maximum absolute atomic E-state index is 2.39. The molecule has 0 atom stereocenters. The molecule has 0 amide bonds. The van der Waals surface area contributed by atoms with Crippen LogP contribution >= 0.6 is 0 Å². The number of benzene rings is 1. The van der Waals surface area contributed by atoms with Crippen molar-refractivity contribution in [3.8, 4) is 0 Å². The van der Waals surface area contributed by atoms with Gasteiger partial charge in [0.15, 0.2) is 0 Å². The molecule has 0 nitrogen and oxygen atoms in total. The molecule has 1 aliphatic carbocycles. The highest BCUT2D eigenvalue weighted by molar-refractivity contribution is 5.63. The smallest absolute Gasteiger partial charge is 0.0111 e. The summed E-state index contributed by atoms with van der Waals surface area (Å²) in [5.74, 6) is 0. The van der Waals surface area contributed by atoms with Crippen LogP contribution in [0.4, 0.5) is 0 Å². The van der Waals surface area contributed by atoms with Crippen molar-refractivity contribution in [3.05, 3.63) is 44.5 Å². The average Bonchev–Trinajstić information content (AvgIpc) is 2.36. The molecule has 110 valence electrons. The van der Waals surface area contributed by atoms with Gasteiger partial charge in [0.2, 0.25) is 0 Å². The quantitative estimate of drug-likeness (QED) is 0.521. The zero-order valence-corrected chi connectivity index (χ0v) is 15.0.